The molecule has 0 aromatic carbocycles. The van der Waals surface area contributed by atoms with Gasteiger partial charge in [-0.1, -0.05) is 419 Å². The summed E-state index contributed by atoms with van der Waals surface area (Å²) in [5, 5.41) is 11.9. The van der Waals surface area contributed by atoms with Crippen LogP contribution in [-0.2, 0) is 33.3 Å². The van der Waals surface area contributed by atoms with E-state index >= 15 is 0 Å². The normalized spacial score (nSPS) is 13.1. The Morgan fingerprint density at radius 3 is 0.842 bits per heavy atom. The molecule has 0 spiro atoms. The van der Waals surface area contributed by atoms with Crippen LogP contribution in [0.1, 0.15) is 412 Å². The zero-order valence-corrected chi connectivity index (χ0v) is 67.3. The highest BCUT2D eigenvalue weighted by Crippen LogP contribution is 2.20. The number of carboxylic acids is 1. The SMILES string of the molecule is CC/C=C\C/C=C\C/C=C\C/C=C\C/C=C\C/C=C\C/C=C\C/C=C\CCCCCCCCCCCCCCC(=O)OC(COC(=O)CCCCCCCCCCCCCCCCCCCCCCCCCCCCCCCCCCCCCCCCC)COC(OCC[N+](C)(C)C)C(=O)[O-]. The number of hydrogen-bond acceptors (Lipinski definition) is 8. The molecule has 0 N–H and O–H groups in total. The maximum absolute atomic E-state index is 13.0. The molecule has 9 heteroatoms. The molecule has 0 rings (SSSR count). The zero-order valence-electron chi connectivity index (χ0n) is 67.3. The molecule has 2 atom stereocenters. The van der Waals surface area contributed by atoms with Crippen LogP contribution in [0.2, 0.25) is 0 Å². The van der Waals surface area contributed by atoms with E-state index in [0.29, 0.717) is 23.9 Å². The molecule has 0 radical (unpaired) electrons. The van der Waals surface area contributed by atoms with Crippen LogP contribution in [0.25, 0.3) is 0 Å². The van der Waals surface area contributed by atoms with Crippen LogP contribution in [0.5, 0.6) is 0 Å². The van der Waals surface area contributed by atoms with Crippen molar-refractivity contribution in [2.75, 3.05) is 47.5 Å². The first-order chi connectivity index (χ1) is 49.6. The fraction of sp³-hybridized carbons (Fsp3) is 0.793. The van der Waals surface area contributed by atoms with Gasteiger partial charge in [-0.25, -0.2) is 0 Å². The van der Waals surface area contributed by atoms with E-state index in [1.165, 1.54) is 289 Å². The van der Waals surface area contributed by atoms with Gasteiger partial charge in [0, 0.05) is 12.8 Å². The second-order valence-corrected chi connectivity index (χ2v) is 30.5. The number of aliphatic carboxylic acids is 1. The summed E-state index contributed by atoms with van der Waals surface area (Å²) in [6, 6.07) is 0. The van der Waals surface area contributed by atoms with Gasteiger partial charge in [0.2, 0.25) is 0 Å². The molecular formula is C92H165NO8. The van der Waals surface area contributed by atoms with E-state index in [1.807, 2.05) is 21.1 Å². The molecule has 0 heterocycles. The van der Waals surface area contributed by atoms with Crippen molar-refractivity contribution in [1.82, 2.24) is 0 Å². The molecule has 0 bridgehead atoms. The number of nitrogens with zero attached hydrogens (tertiary/aromatic N) is 1. The molecular weight excluding hydrogens is 1250 g/mol. The summed E-state index contributed by atoms with van der Waals surface area (Å²) >= 11 is 0. The number of carbonyl (C=O) groups is 3. The predicted molar refractivity (Wildman–Crippen MR) is 435 cm³/mol. The molecule has 586 valence electrons. The number of unbranched alkanes of at least 4 members (excludes halogenated alkanes) is 50. The number of ether oxygens (including phenoxy) is 4. The van der Waals surface area contributed by atoms with Crippen LogP contribution < -0.4 is 5.11 Å². The molecule has 0 aliphatic heterocycles. The Morgan fingerprint density at radius 2 is 0.564 bits per heavy atom. The highest BCUT2D eigenvalue weighted by Gasteiger charge is 2.22. The average molecular weight is 1410 g/mol. The molecule has 101 heavy (non-hydrogen) atoms. The lowest BCUT2D eigenvalue weighted by Crippen LogP contribution is -2.44. The van der Waals surface area contributed by atoms with Crippen molar-refractivity contribution in [2.45, 2.75) is 424 Å². The third-order valence-electron chi connectivity index (χ3n) is 19.3. The van der Waals surface area contributed by atoms with Crippen LogP contribution in [0.15, 0.2) is 97.2 Å². The third kappa shape index (κ3) is 83.4. The van der Waals surface area contributed by atoms with Gasteiger partial charge < -0.3 is 33.3 Å². The van der Waals surface area contributed by atoms with Crippen molar-refractivity contribution < 1.29 is 42.9 Å². The first kappa shape index (κ1) is 97.2. The lowest BCUT2D eigenvalue weighted by Gasteiger charge is -2.26. The minimum atomic E-state index is -1.63. The Hall–Kier alpha value is -3.79. The van der Waals surface area contributed by atoms with E-state index in [1.54, 1.807) is 0 Å². The summed E-state index contributed by atoms with van der Waals surface area (Å²) in [6.07, 6.45) is 111. The van der Waals surface area contributed by atoms with Crippen molar-refractivity contribution >= 4 is 17.9 Å². The van der Waals surface area contributed by atoms with E-state index < -0.39 is 24.3 Å². The average Bonchev–Trinajstić information content (AvgIpc) is 1.25. The minimum absolute atomic E-state index is 0.146. The van der Waals surface area contributed by atoms with Crippen LogP contribution in [0, 0.1) is 0 Å². The number of quaternary nitrogens is 1. The summed E-state index contributed by atoms with van der Waals surface area (Å²) in [7, 11) is 5.95. The Labute approximate surface area is 626 Å². The van der Waals surface area contributed by atoms with Gasteiger partial charge in [0.25, 0.3) is 0 Å². The third-order valence-corrected chi connectivity index (χ3v) is 19.3. The fourth-order valence-corrected chi connectivity index (χ4v) is 12.8. The first-order valence-electron chi connectivity index (χ1n) is 43.4. The van der Waals surface area contributed by atoms with Gasteiger partial charge in [0.15, 0.2) is 12.4 Å². The van der Waals surface area contributed by atoms with Gasteiger partial charge in [-0.2, -0.15) is 0 Å². The minimum Gasteiger partial charge on any atom is -0.545 e. The van der Waals surface area contributed by atoms with Gasteiger partial charge in [0.1, 0.15) is 13.2 Å². The molecule has 2 unspecified atom stereocenters. The monoisotopic (exact) mass is 1410 g/mol. The van der Waals surface area contributed by atoms with Gasteiger partial charge in [0.05, 0.1) is 40.3 Å². The number of allylic oxidation sites excluding steroid dienone is 16. The number of carboxylic acid groups (broad SMARTS) is 1. The lowest BCUT2D eigenvalue weighted by molar-refractivity contribution is -0.870. The Balaban J connectivity index is 3.97. The van der Waals surface area contributed by atoms with Crippen molar-refractivity contribution in [3.8, 4) is 0 Å². The molecule has 0 saturated carbocycles. The first-order valence-corrected chi connectivity index (χ1v) is 43.4. The van der Waals surface area contributed by atoms with Crippen LogP contribution in [-0.4, -0.2) is 82.3 Å². The summed E-state index contributed by atoms with van der Waals surface area (Å²) in [6.45, 7) is 4.69. The van der Waals surface area contributed by atoms with E-state index in [9.17, 15) is 19.5 Å². The second kappa shape index (κ2) is 81.9. The van der Waals surface area contributed by atoms with Crippen molar-refractivity contribution in [3.05, 3.63) is 97.2 Å². The Bertz CT molecular complexity index is 1990. The summed E-state index contributed by atoms with van der Waals surface area (Å²) in [5.41, 5.74) is 0. The smallest absolute Gasteiger partial charge is 0.306 e. The second-order valence-electron chi connectivity index (χ2n) is 30.5. The Kier molecular flexibility index (Phi) is 78.8. The number of esters is 2. The van der Waals surface area contributed by atoms with E-state index in [2.05, 4.69) is 111 Å². The van der Waals surface area contributed by atoms with Gasteiger partial charge >= 0.3 is 11.9 Å². The molecule has 0 aliphatic rings. The molecule has 0 aromatic heterocycles. The Morgan fingerprint density at radius 1 is 0.307 bits per heavy atom. The van der Waals surface area contributed by atoms with E-state index in [4.69, 9.17) is 18.9 Å². The molecule has 0 aliphatic carbocycles. The number of likely N-dealkylation sites (N-methyl/N-ethyl adjacent to an activating group) is 1. The van der Waals surface area contributed by atoms with Gasteiger partial charge in [-0.15, -0.1) is 0 Å². The van der Waals surface area contributed by atoms with E-state index in [-0.39, 0.29) is 32.2 Å². The highest BCUT2D eigenvalue weighted by atomic mass is 16.7. The highest BCUT2D eigenvalue weighted by molar-refractivity contribution is 5.70. The maximum atomic E-state index is 13.0. The summed E-state index contributed by atoms with van der Waals surface area (Å²) in [4.78, 5) is 37.7. The largest absolute Gasteiger partial charge is 0.545 e. The molecule has 0 amide bonds. The maximum Gasteiger partial charge on any atom is 0.306 e. The number of hydrogen-bond donors (Lipinski definition) is 0. The number of rotatable bonds is 81. The number of carbonyl (C=O) groups excluding carboxylic acids is 3. The zero-order chi connectivity index (χ0) is 73.2. The lowest BCUT2D eigenvalue weighted by atomic mass is 10.0. The van der Waals surface area contributed by atoms with E-state index in [0.717, 1.165) is 89.9 Å². The molecule has 9 nitrogen and oxygen atoms in total. The predicted octanol–water partition coefficient (Wildman–Crippen LogP) is 26.9. The molecule has 0 aromatic rings. The molecule has 0 fully saturated rings. The summed E-state index contributed by atoms with van der Waals surface area (Å²) in [5.74, 6) is -2.27. The van der Waals surface area contributed by atoms with Crippen LogP contribution in [0.4, 0.5) is 0 Å². The van der Waals surface area contributed by atoms with Crippen LogP contribution >= 0.6 is 0 Å². The van der Waals surface area contributed by atoms with Gasteiger partial charge in [-0.3, -0.25) is 9.59 Å². The quantitative estimate of drug-likeness (QED) is 0.0195. The topological polar surface area (TPSA) is 111 Å². The fourth-order valence-electron chi connectivity index (χ4n) is 12.8. The van der Waals surface area contributed by atoms with Crippen molar-refractivity contribution in [1.29, 1.82) is 0 Å². The van der Waals surface area contributed by atoms with Gasteiger partial charge in [-0.05, 0) is 77.0 Å². The summed E-state index contributed by atoms with van der Waals surface area (Å²) < 4.78 is 22.9. The van der Waals surface area contributed by atoms with Crippen molar-refractivity contribution in [3.63, 3.8) is 0 Å². The van der Waals surface area contributed by atoms with Crippen molar-refractivity contribution in [2.24, 2.45) is 0 Å². The molecule has 0 saturated heterocycles. The standard InChI is InChI=1S/C92H165NO8/c1-6-8-10-12-14-16-18-20-22-24-26-28-30-32-34-36-38-40-42-44-45-47-48-50-52-54-56-58-60-62-64-66-68-70-72-74-76-78-80-82-89(94)99-86-88(87-100-92(91(96)97)98-85-84-93(3,4)5)101-90(95)83-81-79-77-75-73-71-69-67-65-63-61-59-57-55-53-51-49-46-43-41-39-37-35-33-31-29-27-25-23-21-19-17-15-13-11-9-7-2/h9,11,15,17,21,23,27,29,33,35,39,41,46,49,53,55,88,92H,6-8,10,12-14,16,18-20,22,24-26,28,30-32,34,36-38,40,42-45,47-48,50-52,54,56-87H2,1-5H3/b11-9-,17-15-,23-21-,29-27-,35-33-,41-39-,49-46-,55-53-. The van der Waals surface area contributed by atoms with Crippen LogP contribution in [0.3, 0.4) is 0 Å².